The fourth-order valence-corrected chi connectivity index (χ4v) is 3.72. The van der Waals surface area contributed by atoms with Crippen molar-refractivity contribution in [3.63, 3.8) is 0 Å². The van der Waals surface area contributed by atoms with E-state index < -0.39 is 23.9 Å². The molecular formula is C21H22F3NO3. The molecule has 3 rings (SSSR count). The Morgan fingerprint density at radius 3 is 2.50 bits per heavy atom. The predicted molar refractivity (Wildman–Crippen MR) is 98.9 cm³/mol. The number of nitrogens with two attached hydrogens (primary N) is 1. The Kier molecular flexibility index (Phi) is 5.04. The first-order valence-electron chi connectivity index (χ1n) is 8.95. The van der Waals surface area contributed by atoms with Crippen LogP contribution in [0.5, 0.6) is 5.75 Å². The third-order valence-electron chi connectivity index (χ3n) is 4.89. The molecule has 0 fully saturated rings. The van der Waals surface area contributed by atoms with Crippen LogP contribution in [0.1, 0.15) is 43.6 Å². The number of fused-ring (bicyclic) bond motifs is 1. The number of primary amides is 1. The number of halogens is 3. The van der Waals surface area contributed by atoms with Crippen LogP contribution >= 0.6 is 0 Å². The number of benzene rings is 2. The van der Waals surface area contributed by atoms with E-state index in [-0.39, 0.29) is 17.8 Å². The van der Waals surface area contributed by atoms with Gasteiger partial charge in [0.15, 0.2) is 0 Å². The highest BCUT2D eigenvalue weighted by Crippen LogP contribution is 2.48. The molecule has 0 aliphatic heterocycles. The molecule has 7 heteroatoms. The molecular weight excluding hydrogens is 371 g/mol. The van der Waals surface area contributed by atoms with E-state index >= 15 is 0 Å². The second-order valence-electron chi connectivity index (χ2n) is 7.57. The molecule has 0 bridgehead atoms. The number of ether oxygens (including phenoxy) is 2. The molecule has 1 aliphatic carbocycles. The van der Waals surface area contributed by atoms with Gasteiger partial charge in [0.1, 0.15) is 11.9 Å². The van der Waals surface area contributed by atoms with E-state index in [4.69, 9.17) is 15.2 Å². The van der Waals surface area contributed by atoms with Gasteiger partial charge in [-0.25, -0.2) is 4.79 Å². The maximum Gasteiger partial charge on any atom is 0.416 e. The fraction of sp³-hybridized carbons (Fsp3) is 0.381. The first-order chi connectivity index (χ1) is 13.0. The summed E-state index contributed by atoms with van der Waals surface area (Å²) in [4.78, 5) is 11.3. The standard InChI is InChI=1S/C21H22F3NO3/c1-4-27-16-9-13(8-15(10-16)21(22,23)24)12-5-6-17-14(7-12)11-20(2,3)18(17)28-19(25)26/h5-10,18H,4,11H2,1-3H3,(H2,25,26). The summed E-state index contributed by atoms with van der Waals surface area (Å²) < 4.78 is 50.4. The van der Waals surface area contributed by atoms with Crippen LogP contribution in [0.3, 0.4) is 0 Å². The van der Waals surface area contributed by atoms with Crippen LogP contribution in [-0.2, 0) is 17.3 Å². The molecule has 2 aromatic rings. The lowest BCUT2D eigenvalue weighted by Crippen LogP contribution is -2.25. The Morgan fingerprint density at radius 1 is 1.18 bits per heavy atom. The van der Waals surface area contributed by atoms with E-state index in [0.29, 0.717) is 17.5 Å². The molecule has 0 spiro atoms. The molecule has 4 nitrogen and oxygen atoms in total. The maximum absolute atomic E-state index is 13.3. The second kappa shape index (κ2) is 7.04. The molecule has 1 unspecified atom stereocenters. The van der Waals surface area contributed by atoms with Crippen molar-refractivity contribution in [3.05, 3.63) is 53.1 Å². The zero-order valence-electron chi connectivity index (χ0n) is 15.9. The van der Waals surface area contributed by atoms with E-state index in [2.05, 4.69) is 0 Å². The van der Waals surface area contributed by atoms with E-state index in [0.717, 1.165) is 23.3 Å². The second-order valence-corrected chi connectivity index (χ2v) is 7.57. The highest BCUT2D eigenvalue weighted by Gasteiger charge is 2.41. The summed E-state index contributed by atoms with van der Waals surface area (Å²) in [6.45, 7) is 5.90. The third kappa shape index (κ3) is 3.93. The Balaban J connectivity index is 2.05. The van der Waals surface area contributed by atoms with Gasteiger partial charge in [-0.3, -0.25) is 0 Å². The van der Waals surface area contributed by atoms with Gasteiger partial charge >= 0.3 is 12.3 Å². The number of alkyl halides is 3. The molecule has 2 aromatic carbocycles. The summed E-state index contributed by atoms with van der Waals surface area (Å²) in [6.07, 6.45) is -5.20. The van der Waals surface area contributed by atoms with Crippen molar-refractivity contribution in [1.82, 2.24) is 0 Å². The molecule has 28 heavy (non-hydrogen) atoms. The van der Waals surface area contributed by atoms with Crippen LogP contribution in [0.2, 0.25) is 0 Å². The number of carbonyl (C=O) groups is 1. The van der Waals surface area contributed by atoms with Crippen LogP contribution in [0, 0.1) is 5.41 Å². The number of rotatable bonds is 4. The van der Waals surface area contributed by atoms with Gasteiger partial charge in [0.25, 0.3) is 0 Å². The van der Waals surface area contributed by atoms with E-state index in [1.54, 1.807) is 25.1 Å². The molecule has 0 saturated carbocycles. The number of hydrogen-bond donors (Lipinski definition) is 1. The van der Waals surface area contributed by atoms with E-state index in [1.807, 2.05) is 19.9 Å². The van der Waals surface area contributed by atoms with Crippen LogP contribution < -0.4 is 10.5 Å². The average Bonchev–Trinajstić information content (AvgIpc) is 2.83. The number of carbonyl (C=O) groups excluding carboxylic acids is 1. The normalized spacial score (nSPS) is 17.9. The zero-order chi connectivity index (χ0) is 20.7. The largest absolute Gasteiger partial charge is 0.494 e. The molecule has 1 atom stereocenters. The maximum atomic E-state index is 13.3. The van der Waals surface area contributed by atoms with Crippen LogP contribution in [0.4, 0.5) is 18.0 Å². The molecule has 150 valence electrons. The van der Waals surface area contributed by atoms with E-state index in [1.165, 1.54) is 0 Å². The van der Waals surface area contributed by atoms with Crippen molar-refractivity contribution >= 4 is 6.09 Å². The minimum Gasteiger partial charge on any atom is -0.494 e. The third-order valence-corrected chi connectivity index (χ3v) is 4.89. The minimum atomic E-state index is -4.47. The predicted octanol–water partition coefficient (Wildman–Crippen LogP) is 5.49. The smallest absolute Gasteiger partial charge is 0.416 e. The molecule has 2 N–H and O–H groups in total. The van der Waals surface area contributed by atoms with Crippen LogP contribution in [0.15, 0.2) is 36.4 Å². The van der Waals surface area contributed by atoms with Crippen molar-refractivity contribution in [3.8, 4) is 16.9 Å². The first-order valence-corrected chi connectivity index (χ1v) is 8.95. The Bertz CT molecular complexity index is 906. The SMILES string of the molecule is CCOc1cc(-c2ccc3c(c2)CC(C)(C)C3OC(N)=O)cc(C(F)(F)F)c1. The van der Waals surface area contributed by atoms with Gasteiger partial charge in [-0.05, 0) is 53.8 Å². The van der Waals surface area contributed by atoms with Gasteiger partial charge in [0.05, 0.1) is 12.2 Å². The molecule has 1 aliphatic rings. The van der Waals surface area contributed by atoms with Crippen molar-refractivity contribution in [2.45, 2.75) is 39.5 Å². The van der Waals surface area contributed by atoms with Crippen LogP contribution in [0.25, 0.3) is 11.1 Å². The highest BCUT2D eigenvalue weighted by atomic mass is 19.4. The van der Waals surface area contributed by atoms with Crippen molar-refractivity contribution in [2.75, 3.05) is 6.61 Å². The lowest BCUT2D eigenvalue weighted by Gasteiger charge is -2.26. The van der Waals surface area contributed by atoms with Crippen molar-refractivity contribution in [2.24, 2.45) is 11.1 Å². The summed E-state index contributed by atoms with van der Waals surface area (Å²) in [5, 5.41) is 0. The summed E-state index contributed by atoms with van der Waals surface area (Å²) in [6, 6.07) is 9.06. The van der Waals surface area contributed by atoms with Crippen molar-refractivity contribution in [1.29, 1.82) is 0 Å². The molecule has 0 aromatic heterocycles. The fourth-order valence-electron chi connectivity index (χ4n) is 3.72. The summed E-state index contributed by atoms with van der Waals surface area (Å²) in [5.74, 6) is 0.170. The Morgan fingerprint density at radius 2 is 1.89 bits per heavy atom. The van der Waals surface area contributed by atoms with Gasteiger partial charge in [-0.1, -0.05) is 32.0 Å². The van der Waals surface area contributed by atoms with Gasteiger partial charge in [0.2, 0.25) is 0 Å². The summed E-state index contributed by atoms with van der Waals surface area (Å²) in [7, 11) is 0. The quantitative estimate of drug-likeness (QED) is 0.747. The van der Waals surface area contributed by atoms with E-state index in [9.17, 15) is 18.0 Å². The lowest BCUT2D eigenvalue weighted by atomic mass is 9.87. The van der Waals surface area contributed by atoms with Gasteiger partial charge in [-0.2, -0.15) is 13.2 Å². The highest BCUT2D eigenvalue weighted by molar-refractivity contribution is 5.69. The van der Waals surface area contributed by atoms with Gasteiger partial charge in [0, 0.05) is 5.41 Å². The minimum absolute atomic E-state index is 0.170. The lowest BCUT2D eigenvalue weighted by molar-refractivity contribution is -0.137. The molecule has 0 radical (unpaired) electrons. The Hall–Kier alpha value is -2.70. The number of amides is 1. The molecule has 0 saturated heterocycles. The van der Waals surface area contributed by atoms with Crippen LogP contribution in [-0.4, -0.2) is 12.7 Å². The van der Waals surface area contributed by atoms with Gasteiger partial charge in [-0.15, -0.1) is 0 Å². The topological polar surface area (TPSA) is 61.6 Å². The molecule has 1 amide bonds. The molecule has 0 heterocycles. The summed E-state index contributed by atoms with van der Waals surface area (Å²) in [5.41, 5.74) is 6.87. The number of hydrogen-bond acceptors (Lipinski definition) is 3. The van der Waals surface area contributed by atoms with Gasteiger partial charge < -0.3 is 15.2 Å². The average molecular weight is 393 g/mol. The zero-order valence-corrected chi connectivity index (χ0v) is 15.9. The summed E-state index contributed by atoms with van der Waals surface area (Å²) >= 11 is 0. The van der Waals surface area contributed by atoms with Crippen molar-refractivity contribution < 1.29 is 27.4 Å². The monoisotopic (exact) mass is 393 g/mol. The Labute approximate surface area is 161 Å². The first kappa shape index (κ1) is 20.0.